The summed E-state index contributed by atoms with van der Waals surface area (Å²) < 4.78 is 7.05. The number of nitrogens with one attached hydrogen (secondary N) is 2. The minimum absolute atomic E-state index is 0.0606. The van der Waals surface area contributed by atoms with Crippen molar-refractivity contribution in [2.45, 2.75) is 71.8 Å². The highest BCUT2D eigenvalue weighted by molar-refractivity contribution is 5.92. The van der Waals surface area contributed by atoms with Gasteiger partial charge in [0, 0.05) is 29.9 Å². The van der Waals surface area contributed by atoms with E-state index < -0.39 is 11.3 Å². The quantitative estimate of drug-likeness (QED) is 0.608. The molecule has 4 fully saturated rings. The number of anilines is 1. The van der Waals surface area contributed by atoms with Crippen LogP contribution in [0.5, 0.6) is 0 Å². The average Bonchev–Trinajstić information content (AvgIpc) is 3.09. The molecule has 4 aliphatic rings. The standard InChI is InChI=1S/C25H32N6O4/c1-14-5-15(2)27-23(26-14)31-20(6-16(3)30-31)28-21(33)12-35-22(34)24-8-18-7-19(9-24)11-25(10-18,13-24)29-17(4)32/h5-6,18-19H,7-13H2,1-4H3,(H,28,33)(H,29,32). The molecule has 2 N–H and O–H groups in total. The van der Waals surface area contributed by atoms with Crippen molar-refractivity contribution in [2.24, 2.45) is 17.3 Å². The SMILES string of the molecule is CC(=O)NC12CC3CC(C1)CC(C(=O)OCC(=O)Nc1cc(C)nn1-c1nc(C)cc(C)n1)(C3)C2. The summed E-state index contributed by atoms with van der Waals surface area (Å²) in [4.78, 5) is 46.7. The molecule has 2 unspecified atom stereocenters. The highest BCUT2D eigenvalue weighted by Crippen LogP contribution is 2.62. The Kier molecular flexibility index (Phi) is 5.64. The number of ether oxygens (including phenoxy) is 1. The molecule has 186 valence electrons. The Morgan fingerprint density at radius 1 is 1.03 bits per heavy atom. The molecule has 2 heterocycles. The monoisotopic (exact) mass is 480 g/mol. The van der Waals surface area contributed by atoms with Gasteiger partial charge in [0.25, 0.3) is 11.9 Å². The van der Waals surface area contributed by atoms with Gasteiger partial charge in [0.15, 0.2) is 6.61 Å². The van der Waals surface area contributed by atoms with Crippen molar-refractivity contribution in [1.82, 2.24) is 25.1 Å². The number of nitrogens with zero attached hydrogens (tertiary/aromatic N) is 4. The van der Waals surface area contributed by atoms with Crippen LogP contribution in [0.15, 0.2) is 12.1 Å². The highest BCUT2D eigenvalue weighted by Gasteiger charge is 2.61. The Hall–Kier alpha value is -3.30. The maximum Gasteiger partial charge on any atom is 0.312 e. The van der Waals surface area contributed by atoms with Crippen molar-refractivity contribution < 1.29 is 19.1 Å². The lowest BCUT2D eigenvalue weighted by Crippen LogP contribution is -2.64. The van der Waals surface area contributed by atoms with E-state index in [0.29, 0.717) is 35.7 Å². The van der Waals surface area contributed by atoms with Crippen molar-refractivity contribution in [3.8, 4) is 5.95 Å². The van der Waals surface area contributed by atoms with Crippen LogP contribution in [0.1, 0.15) is 62.5 Å². The molecule has 2 aromatic heterocycles. The third-order valence-corrected chi connectivity index (χ3v) is 7.53. The highest BCUT2D eigenvalue weighted by atomic mass is 16.5. The minimum atomic E-state index is -0.627. The van der Waals surface area contributed by atoms with Crippen LogP contribution in [0.4, 0.5) is 5.82 Å². The lowest BCUT2D eigenvalue weighted by molar-refractivity contribution is -0.176. The van der Waals surface area contributed by atoms with Gasteiger partial charge in [0.1, 0.15) is 5.82 Å². The van der Waals surface area contributed by atoms with Gasteiger partial charge >= 0.3 is 5.97 Å². The van der Waals surface area contributed by atoms with Gasteiger partial charge in [-0.05, 0) is 77.2 Å². The van der Waals surface area contributed by atoms with E-state index in [1.54, 1.807) is 6.07 Å². The van der Waals surface area contributed by atoms with Crippen LogP contribution in [-0.4, -0.2) is 49.7 Å². The van der Waals surface area contributed by atoms with E-state index in [1.165, 1.54) is 11.6 Å². The number of hydrogen-bond acceptors (Lipinski definition) is 7. The summed E-state index contributed by atoms with van der Waals surface area (Å²) in [5, 5.41) is 10.3. The number of aromatic nitrogens is 4. The number of esters is 1. The fourth-order valence-corrected chi connectivity index (χ4v) is 7.03. The average molecular weight is 481 g/mol. The van der Waals surface area contributed by atoms with Gasteiger partial charge in [0.2, 0.25) is 5.91 Å². The molecular formula is C25H32N6O4. The number of amides is 2. The molecule has 0 spiro atoms. The molecule has 2 atom stereocenters. The number of aryl methyl sites for hydroxylation is 3. The molecule has 10 heteroatoms. The van der Waals surface area contributed by atoms with E-state index in [-0.39, 0.29) is 24.0 Å². The molecule has 35 heavy (non-hydrogen) atoms. The number of carbonyl (C=O) groups excluding carboxylic acids is 3. The number of carbonyl (C=O) groups is 3. The van der Waals surface area contributed by atoms with Gasteiger partial charge in [-0.2, -0.15) is 9.78 Å². The summed E-state index contributed by atoms with van der Waals surface area (Å²) in [5.74, 6) is 0.727. The van der Waals surface area contributed by atoms with Crippen molar-refractivity contribution in [3.05, 3.63) is 29.2 Å². The van der Waals surface area contributed by atoms with E-state index in [1.807, 2.05) is 26.8 Å². The van der Waals surface area contributed by atoms with E-state index in [0.717, 1.165) is 43.5 Å². The molecule has 0 aromatic carbocycles. The van der Waals surface area contributed by atoms with Crippen LogP contribution in [0.3, 0.4) is 0 Å². The predicted molar refractivity (Wildman–Crippen MR) is 127 cm³/mol. The second kappa shape index (κ2) is 8.42. The molecule has 6 rings (SSSR count). The van der Waals surface area contributed by atoms with Crippen molar-refractivity contribution >= 4 is 23.6 Å². The van der Waals surface area contributed by atoms with Crippen LogP contribution in [0.2, 0.25) is 0 Å². The van der Waals surface area contributed by atoms with Crippen molar-refractivity contribution in [1.29, 1.82) is 0 Å². The lowest BCUT2D eigenvalue weighted by atomic mass is 9.47. The van der Waals surface area contributed by atoms with Crippen molar-refractivity contribution in [3.63, 3.8) is 0 Å². The van der Waals surface area contributed by atoms with Gasteiger partial charge in [-0.15, -0.1) is 0 Å². The zero-order chi connectivity index (χ0) is 25.0. The van der Waals surface area contributed by atoms with Crippen LogP contribution < -0.4 is 10.6 Å². The molecule has 4 aliphatic carbocycles. The molecule has 4 saturated carbocycles. The first-order chi connectivity index (χ1) is 16.5. The minimum Gasteiger partial charge on any atom is -0.455 e. The first-order valence-corrected chi connectivity index (χ1v) is 12.2. The molecule has 0 radical (unpaired) electrons. The smallest absolute Gasteiger partial charge is 0.312 e. The van der Waals surface area contributed by atoms with E-state index in [2.05, 4.69) is 25.7 Å². The Bertz CT molecular complexity index is 1170. The fourth-order valence-electron chi connectivity index (χ4n) is 7.03. The zero-order valence-electron chi connectivity index (χ0n) is 20.7. The molecule has 4 bridgehead atoms. The maximum atomic E-state index is 13.3. The number of hydrogen-bond donors (Lipinski definition) is 2. The third kappa shape index (κ3) is 4.53. The van der Waals surface area contributed by atoms with Gasteiger partial charge in [-0.25, -0.2) is 9.97 Å². The van der Waals surface area contributed by atoms with Gasteiger partial charge in [-0.1, -0.05) is 0 Å². The Morgan fingerprint density at radius 2 is 1.69 bits per heavy atom. The first kappa shape index (κ1) is 23.4. The third-order valence-electron chi connectivity index (χ3n) is 7.53. The second-order valence-corrected chi connectivity index (χ2v) is 10.9. The van der Waals surface area contributed by atoms with E-state index >= 15 is 0 Å². The molecule has 2 aromatic rings. The van der Waals surface area contributed by atoms with Gasteiger partial charge in [-0.3, -0.25) is 14.4 Å². The van der Waals surface area contributed by atoms with Crippen LogP contribution in [-0.2, 0) is 19.1 Å². The summed E-state index contributed by atoms with van der Waals surface area (Å²) >= 11 is 0. The largest absolute Gasteiger partial charge is 0.455 e. The fraction of sp³-hybridized carbons (Fsp3) is 0.600. The van der Waals surface area contributed by atoms with Crippen LogP contribution in [0, 0.1) is 38.0 Å². The Labute approximate surface area is 204 Å². The van der Waals surface area contributed by atoms with E-state index in [4.69, 9.17) is 4.74 Å². The Balaban J connectivity index is 1.26. The predicted octanol–water partition coefficient (Wildman–Crippen LogP) is 2.54. The summed E-state index contributed by atoms with van der Waals surface area (Å²) in [6.45, 7) is 6.69. The molecule has 10 nitrogen and oxygen atoms in total. The normalized spacial score (nSPS) is 28.6. The molecule has 2 amide bonds. The van der Waals surface area contributed by atoms with Crippen LogP contribution in [0.25, 0.3) is 5.95 Å². The zero-order valence-corrected chi connectivity index (χ0v) is 20.7. The second-order valence-electron chi connectivity index (χ2n) is 10.9. The topological polar surface area (TPSA) is 128 Å². The molecule has 0 aliphatic heterocycles. The van der Waals surface area contributed by atoms with Crippen LogP contribution >= 0.6 is 0 Å². The molecular weight excluding hydrogens is 448 g/mol. The first-order valence-electron chi connectivity index (χ1n) is 12.2. The van der Waals surface area contributed by atoms with Crippen molar-refractivity contribution in [2.75, 3.05) is 11.9 Å². The summed E-state index contributed by atoms with van der Waals surface area (Å²) in [7, 11) is 0. The summed E-state index contributed by atoms with van der Waals surface area (Å²) in [5.41, 5.74) is 1.32. The molecule has 0 saturated heterocycles. The Morgan fingerprint density at radius 3 is 2.31 bits per heavy atom. The van der Waals surface area contributed by atoms with Gasteiger partial charge < -0.3 is 15.4 Å². The van der Waals surface area contributed by atoms with Gasteiger partial charge in [0.05, 0.1) is 11.1 Å². The summed E-state index contributed by atoms with van der Waals surface area (Å²) in [6.07, 6.45) is 5.05. The lowest BCUT2D eigenvalue weighted by Gasteiger charge is -2.60. The number of rotatable bonds is 6. The van der Waals surface area contributed by atoms with E-state index in [9.17, 15) is 14.4 Å². The maximum absolute atomic E-state index is 13.3. The summed E-state index contributed by atoms with van der Waals surface area (Å²) in [6, 6.07) is 3.58.